The van der Waals surface area contributed by atoms with Crippen molar-refractivity contribution in [1.29, 1.82) is 0 Å². The predicted octanol–water partition coefficient (Wildman–Crippen LogP) is 16.8. The molecule has 0 saturated heterocycles. The fraction of sp³-hybridized carbons (Fsp3) is 0.860. The number of rotatable bonds is 50. The zero-order chi connectivity index (χ0) is 45.9. The minimum absolute atomic E-state index is 0.0558. The molecule has 6 nitrogen and oxygen atoms in total. The molecule has 0 radical (unpaired) electrons. The zero-order valence-electron chi connectivity index (χ0n) is 42.2. The van der Waals surface area contributed by atoms with E-state index in [1.54, 1.807) is 0 Å². The van der Waals surface area contributed by atoms with Crippen LogP contribution >= 0.6 is 0 Å². The third-order valence-corrected chi connectivity index (χ3v) is 12.7. The second-order valence-corrected chi connectivity index (χ2v) is 19.0. The molecule has 0 aliphatic carbocycles. The number of hydrogen-bond acceptors (Lipinski definition) is 5. The first kappa shape index (κ1) is 61.1. The number of aliphatic hydroxyl groups excluding tert-OH is 2. The molecule has 3 N–H and O–H groups in total. The average Bonchev–Trinajstić information content (AvgIpc) is 3.28. The summed E-state index contributed by atoms with van der Waals surface area (Å²) < 4.78 is 5.93. The number of allylic oxidation sites excluding steroid dienone is 6. The fourth-order valence-electron chi connectivity index (χ4n) is 8.50. The van der Waals surface area contributed by atoms with E-state index >= 15 is 0 Å². The van der Waals surface area contributed by atoms with E-state index in [0.717, 1.165) is 70.6 Å². The first-order valence-electron chi connectivity index (χ1n) is 27.7. The maximum Gasteiger partial charge on any atom is 0.306 e. The second-order valence-electron chi connectivity index (χ2n) is 19.0. The quantitative estimate of drug-likeness (QED) is 0.0321. The van der Waals surface area contributed by atoms with Crippen LogP contribution in [-0.2, 0) is 14.3 Å². The lowest BCUT2D eigenvalue weighted by Gasteiger charge is -2.24. The lowest BCUT2D eigenvalue weighted by Crippen LogP contribution is -2.46. The van der Waals surface area contributed by atoms with Crippen molar-refractivity contribution in [3.05, 3.63) is 36.5 Å². The van der Waals surface area contributed by atoms with Gasteiger partial charge in [-0.1, -0.05) is 250 Å². The smallest absolute Gasteiger partial charge is 0.306 e. The van der Waals surface area contributed by atoms with Crippen LogP contribution in [0.25, 0.3) is 0 Å². The largest absolute Gasteiger partial charge is 0.462 e. The van der Waals surface area contributed by atoms with Crippen molar-refractivity contribution in [2.45, 2.75) is 309 Å². The molecule has 370 valence electrons. The van der Waals surface area contributed by atoms with Gasteiger partial charge in [-0.3, -0.25) is 9.59 Å². The molecule has 6 heteroatoms. The maximum atomic E-state index is 13.2. The summed E-state index contributed by atoms with van der Waals surface area (Å²) >= 11 is 0. The number of hydrogen-bond donors (Lipinski definition) is 3. The van der Waals surface area contributed by atoms with Gasteiger partial charge < -0.3 is 20.3 Å². The van der Waals surface area contributed by atoms with Crippen LogP contribution in [-0.4, -0.2) is 46.9 Å². The van der Waals surface area contributed by atoms with Gasteiger partial charge in [0.15, 0.2) is 0 Å². The molecule has 0 aliphatic heterocycles. The molecule has 3 atom stereocenters. The second kappa shape index (κ2) is 51.1. The molecule has 0 aliphatic rings. The Morgan fingerprint density at radius 3 is 1.24 bits per heavy atom. The van der Waals surface area contributed by atoms with Gasteiger partial charge in [0.1, 0.15) is 6.10 Å². The van der Waals surface area contributed by atoms with Crippen LogP contribution in [0.2, 0.25) is 0 Å². The maximum absolute atomic E-state index is 13.2. The van der Waals surface area contributed by atoms with Crippen LogP contribution < -0.4 is 5.32 Å². The van der Waals surface area contributed by atoms with Gasteiger partial charge in [-0.25, -0.2) is 0 Å². The van der Waals surface area contributed by atoms with Gasteiger partial charge in [0, 0.05) is 6.42 Å². The Morgan fingerprint density at radius 2 is 0.810 bits per heavy atom. The molecule has 0 heterocycles. The summed E-state index contributed by atoms with van der Waals surface area (Å²) in [7, 11) is 0. The first-order chi connectivity index (χ1) is 31.0. The summed E-state index contributed by atoms with van der Waals surface area (Å²) in [6.45, 7) is 6.47. The zero-order valence-corrected chi connectivity index (χ0v) is 42.2. The molecule has 0 fully saturated rings. The van der Waals surface area contributed by atoms with Gasteiger partial charge in [0.2, 0.25) is 5.91 Å². The Bertz CT molecular complexity index is 1040. The minimum Gasteiger partial charge on any atom is -0.462 e. The number of amides is 1. The third kappa shape index (κ3) is 46.4. The standard InChI is InChI=1S/C57H107NO5/c1-4-7-10-13-16-19-22-25-27-28-30-32-34-37-40-43-46-49-55(60)54(52-59)58-56(61)51-53(48-45-42-39-36-33-31-29-26-23-20-17-14-11-8-5-2)63-57(62)50-47-44-41-38-35-24-21-18-15-12-9-6-3/h17,20,26,29,33,36,53-55,59-60H,4-16,18-19,21-25,27-28,30-32,34-35,37-52H2,1-3H3,(H,58,61)/b20-17-,29-26-,36-33-. The van der Waals surface area contributed by atoms with Crippen LogP contribution in [0.5, 0.6) is 0 Å². The van der Waals surface area contributed by atoms with Gasteiger partial charge in [-0.05, 0) is 64.2 Å². The van der Waals surface area contributed by atoms with E-state index in [0.29, 0.717) is 19.3 Å². The predicted molar refractivity (Wildman–Crippen MR) is 273 cm³/mol. The number of unbranched alkanes of at least 4 members (excludes halogenated alkanes) is 32. The molecule has 0 bridgehead atoms. The van der Waals surface area contributed by atoms with E-state index in [1.807, 2.05) is 0 Å². The number of aliphatic hydroxyl groups is 2. The summed E-state index contributed by atoms with van der Waals surface area (Å²) in [4.78, 5) is 26.2. The topological polar surface area (TPSA) is 95.9 Å². The number of ether oxygens (including phenoxy) is 1. The molecule has 0 aromatic heterocycles. The van der Waals surface area contributed by atoms with Gasteiger partial charge in [-0.15, -0.1) is 0 Å². The highest BCUT2D eigenvalue weighted by atomic mass is 16.5. The van der Waals surface area contributed by atoms with Crippen molar-refractivity contribution in [2.24, 2.45) is 0 Å². The van der Waals surface area contributed by atoms with E-state index in [1.165, 1.54) is 173 Å². The van der Waals surface area contributed by atoms with Crippen molar-refractivity contribution >= 4 is 11.9 Å². The Labute approximate surface area is 392 Å². The fourth-order valence-corrected chi connectivity index (χ4v) is 8.50. The normalized spacial score (nSPS) is 13.4. The lowest BCUT2D eigenvalue weighted by molar-refractivity contribution is -0.151. The summed E-state index contributed by atoms with van der Waals surface area (Å²) in [5.41, 5.74) is 0. The van der Waals surface area contributed by atoms with Crippen molar-refractivity contribution < 1.29 is 24.5 Å². The van der Waals surface area contributed by atoms with Gasteiger partial charge in [0.25, 0.3) is 0 Å². The molecule has 1 amide bonds. The number of carbonyl (C=O) groups is 2. The van der Waals surface area contributed by atoms with E-state index in [9.17, 15) is 19.8 Å². The lowest BCUT2D eigenvalue weighted by atomic mass is 10.0. The van der Waals surface area contributed by atoms with Gasteiger partial charge >= 0.3 is 5.97 Å². The highest BCUT2D eigenvalue weighted by Crippen LogP contribution is 2.18. The van der Waals surface area contributed by atoms with E-state index in [-0.39, 0.29) is 24.9 Å². The van der Waals surface area contributed by atoms with E-state index in [4.69, 9.17) is 4.74 Å². The van der Waals surface area contributed by atoms with Crippen molar-refractivity contribution in [3.63, 3.8) is 0 Å². The summed E-state index contributed by atoms with van der Waals surface area (Å²) in [6.07, 6.45) is 60.6. The van der Waals surface area contributed by atoms with Gasteiger partial charge in [0.05, 0.1) is 25.2 Å². The molecule has 0 rings (SSSR count). The van der Waals surface area contributed by atoms with E-state index in [2.05, 4.69) is 62.5 Å². The van der Waals surface area contributed by atoms with Gasteiger partial charge in [-0.2, -0.15) is 0 Å². The SMILES string of the molecule is CCCCC/C=C\C/C=C\C/C=C\CCCCC(CC(=O)NC(CO)C(O)CCCCCCCCCCCCCCCCCCC)OC(=O)CCCCCCCCCCCCCC. The number of esters is 1. The van der Waals surface area contributed by atoms with Crippen LogP contribution in [0.15, 0.2) is 36.5 Å². The van der Waals surface area contributed by atoms with Crippen LogP contribution in [0.3, 0.4) is 0 Å². The van der Waals surface area contributed by atoms with Crippen molar-refractivity contribution in [3.8, 4) is 0 Å². The molecular weight excluding hydrogens is 779 g/mol. The highest BCUT2D eigenvalue weighted by Gasteiger charge is 2.24. The summed E-state index contributed by atoms with van der Waals surface area (Å²) in [6, 6.07) is -0.711. The Morgan fingerprint density at radius 1 is 0.460 bits per heavy atom. The molecule has 63 heavy (non-hydrogen) atoms. The van der Waals surface area contributed by atoms with Crippen molar-refractivity contribution in [2.75, 3.05) is 6.61 Å². The summed E-state index contributed by atoms with van der Waals surface area (Å²) in [5.74, 6) is -0.499. The highest BCUT2D eigenvalue weighted by molar-refractivity contribution is 5.77. The molecule has 3 unspecified atom stereocenters. The third-order valence-electron chi connectivity index (χ3n) is 12.7. The summed E-state index contributed by atoms with van der Waals surface area (Å²) in [5, 5.41) is 23.8. The number of nitrogens with one attached hydrogen (secondary N) is 1. The van der Waals surface area contributed by atoms with E-state index < -0.39 is 18.2 Å². The molecule has 0 aromatic rings. The van der Waals surface area contributed by atoms with Crippen LogP contribution in [0.1, 0.15) is 290 Å². The monoisotopic (exact) mass is 886 g/mol. The molecule has 0 spiro atoms. The molecular formula is C57H107NO5. The van der Waals surface area contributed by atoms with Crippen molar-refractivity contribution in [1.82, 2.24) is 5.32 Å². The van der Waals surface area contributed by atoms with Crippen LogP contribution in [0, 0.1) is 0 Å². The minimum atomic E-state index is -0.796. The first-order valence-corrected chi connectivity index (χ1v) is 27.7. The Hall–Kier alpha value is -1.92. The van der Waals surface area contributed by atoms with Crippen LogP contribution in [0.4, 0.5) is 0 Å². The Kier molecular flexibility index (Phi) is 49.5. The molecule has 0 saturated carbocycles. The number of carbonyl (C=O) groups excluding carboxylic acids is 2. The Balaban J connectivity index is 4.56. The average molecular weight is 886 g/mol. The molecule has 0 aromatic carbocycles.